The van der Waals surface area contributed by atoms with Crippen molar-refractivity contribution in [1.82, 2.24) is 0 Å². The first-order valence-electron chi connectivity index (χ1n) is 5.84. The number of hydrogen-bond acceptors (Lipinski definition) is 2. The first kappa shape index (κ1) is 13.5. The van der Waals surface area contributed by atoms with E-state index in [0.717, 1.165) is 25.7 Å². The SMILES string of the molecule is CCCCCC[C@@H](CCC)C(=O)OC. The fourth-order valence-electron chi connectivity index (χ4n) is 1.71. The molecule has 0 aromatic rings. The van der Waals surface area contributed by atoms with E-state index >= 15 is 0 Å². The van der Waals surface area contributed by atoms with Crippen molar-refractivity contribution in [3.63, 3.8) is 0 Å². The highest BCUT2D eigenvalue weighted by Crippen LogP contribution is 2.17. The highest BCUT2D eigenvalue weighted by atomic mass is 16.5. The van der Waals surface area contributed by atoms with E-state index < -0.39 is 0 Å². The van der Waals surface area contributed by atoms with Crippen LogP contribution in [0.1, 0.15) is 58.8 Å². The summed E-state index contributed by atoms with van der Waals surface area (Å²) in [5, 5.41) is 0. The van der Waals surface area contributed by atoms with Crippen LogP contribution in [0.4, 0.5) is 0 Å². The molecular weight excluding hydrogens is 176 g/mol. The molecule has 0 radical (unpaired) electrons. The van der Waals surface area contributed by atoms with E-state index in [1.165, 1.54) is 26.4 Å². The summed E-state index contributed by atoms with van der Waals surface area (Å²) in [4.78, 5) is 11.3. The van der Waals surface area contributed by atoms with Crippen molar-refractivity contribution in [2.75, 3.05) is 7.11 Å². The zero-order valence-electron chi connectivity index (χ0n) is 9.84. The third kappa shape index (κ3) is 6.01. The normalized spacial score (nSPS) is 12.5. The lowest BCUT2D eigenvalue weighted by Gasteiger charge is -2.12. The molecule has 0 aliphatic heterocycles. The molecule has 1 atom stereocenters. The third-order valence-corrected chi connectivity index (χ3v) is 2.58. The van der Waals surface area contributed by atoms with E-state index in [2.05, 4.69) is 13.8 Å². The second kappa shape index (κ2) is 9.04. The minimum Gasteiger partial charge on any atom is -0.469 e. The summed E-state index contributed by atoms with van der Waals surface area (Å²) >= 11 is 0. The number of methoxy groups -OCH3 is 1. The van der Waals surface area contributed by atoms with Crippen LogP contribution >= 0.6 is 0 Å². The van der Waals surface area contributed by atoms with E-state index in [1.807, 2.05) is 0 Å². The summed E-state index contributed by atoms with van der Waals surface area (Å²) in [5.41, 5.74) is 0. The van der Waals surface area contributed by atoms with E-state index in [1.54, 1.807) is 0 Å². The second-order valence-electron chi connectivity index (χ2n) is 3.86. The number of carbonyl (C=O) groups excluding carboxylic acids is 1. The Labute approximate surface area is 88.0 Å². The van der Waals surface area contributed by atoms with Crippen molar-refractivity contribution in [3.8, 4) is 0 Å². The van der Waals surface area contributed by atoms with Gasteiger partial charge >= 0.3 is 5.97 Å². The molecule has 84 valence electrons. The molecule has 0 aliphatic rings. The van der Waals surface area contributed by atoms with Crippen molar-refractivity contribution in [2.24, 2.45) is 5.92 Å². The molecule has 0 rings (SSSR count). The number of unbranched alkanes of at least 4 members (excludes halogenated alkanes) is 3. The number of esters is 1. The van der Waals surface area contributed by atoms with Gasteiger partial charge in [0.15, 0.2) is 0 Å². The van der Waals surface area contributed by atoms with E-state index in [0.29, 0.717) is 0 Å². The molecule has 0 fully saturated rings. The predicted molar refractivity (Wildman–Crippen MR) is 59.2 cm³/mol. The lowest BCUT2D eigenvalue weighted by atomic mass is 9.96. The molecule has 0 spiro atoms. The fraction of sp³-hybridized carbons (Fsp3) is 0.917. The Hall–Kier alpha value is -0.530. The van der Waals surface area contributed by atoms with Gasteiger partial charge in [0.2, 0.25) is 0 Å². The summed E-state index contributed by atoms with van der Waals surface area (Å²) in [6.45, 7) is 4.31. The van der Waals surface area contributed by atoms with Gasteiger partial charge in [-0.2, -0.15) is 0 Å². The van der Waals surface area contributed by atoms with Crippen molar-refractivity contribution < 1.29 is 9.53 Å². The fourth-order valence-corrected chi connectivity index (χ4v) is 1.71. The molecule has 0 aliphatic carbocycles. The van der Waals surface area contributed by atoms with Gasteiger partial charge in [0.05, 0.1) is 13.0 Å². The molecular formula is C12H24O2. The Morgan fingerprint density at radius 3 is 2.29 bits per heavy atom. The molecule has 2 heteroatoms. The van der Waals surface area contributed by atoms with E-state index in [-0.39, 0.29) is 11.9 Å². The molecule has 14 heavy (non-hydrogen) atoms. The molecule has 0 saturated heterocycles. The van der Waals surface area contributed by atoms with E-state index in [9.17, 15) is 4.79 Å². The lowest BCUT2D eigenvalue weighted by Crippen LogP contribution is -2.15. The van der Waals surface area contributed by atoms with Gasteiger partial charge in [0.1, 0.15) is 0 Å². The summed E-state index contributed by atoms with van der Waals surface area (Å²) in [6.07, 6.45) is 7.96. The molecule has 0 aromatic heterocycles. The van der Waals surface area contributed by atoms with Crippen LogP contribution in [0, 0.1) is 5.92 Å². The summed E-state index contributed by atoms with van der Waals surface area (Å²) in [6, 6.07) is 0. The van der Waals surface area contributed by atoms with Crippen LogP contribution in [0.3, 0.4) is 0 Å². The summed E-state index contributed by atoms with van der Waals surface area (Å²) in [7, 11) is 1.48. The summed E-state index contributed by atoms with van der Waals surface area (Å²) in [5.74, 6) is 0.116. The molecule has 0 amide bonds. The van der Waals surface area contributed by atoms with Crippen LogP contribution in [-0.2, 0) is 9.53 Å². The number of ether oxygens (including phenoxy) is 1. The Morgan fingerprint density at radius 2 is 1.79 bits per heavy atom. The Balaban J connectivity index is 3.67. The van der Waals surface area contributed by atoms with Gasteiger partial charge in [-0.05, 0) is 12.8 Å². The zero-order valence-corrected chi connectivity index (χ0v) is 9.84. The minimum absolute atomic E-state index is 0.0247. The molecule has 0 heterocycles. The first-order valence-corrected chi connectivity index (χ1v) is 5.84. The number of rotatable bonds is 8. The van der Waals surface area contributed by atoms with Crippen molar-refractivity contribution >= 4 is 5.97 Å². The van der Waals surface area contributed by atoms with Crippen LogP contribution in [0.15, 0.2) is 0 Å². The van der Waals surface area contributed by atoms with Crippen molar-refractivity contribution in [2.45, 2.75) is 58.8 Å². The standard InChI is InChI=1S/C12H24O2/c1-4-6-7-8-10-11(9-5-2)12(13)14-3/h11H,4-10H2,1-3H3/t11-/m1/s1. The first-order chi connectivity index (χ1) is 6.76. The third-order valence-electron chi connectivity index (χ3n) is 2.58. The van der Waals surface area contributed by atoms with Gasteiger partial charge in [0.25, 0.3) is 0 Å². The Kier molecular flexibility index (Phi) is 8.70. The molecule has 2 nitrogen and oxygen atoms in total. The maximum absolute atomic E-state index is 11.3. The maximum atomic E-state index is 11.3. The van der Waals surface area contributed by atoms with Gasteiger partial charge in [-0.3, -0.25) is 4.79 Å². The topological polar surface area (TPSA) is 26.3 Å². The van der Waals surface area contributed by atoms with Gasteiger partial charge < -0.3 is 4.74 Å². The van der Waals surface area contributed by atoms with Gasteiger partial charge in [-0.15, -0.1) is 0 Å². The lowest BCUT2D eigenvalue weighted by molar-refractivity contribution is -0.146. The van der Waals surface area contributed by atoms with Gasteiger partial charge in [-0.1, -0.05) is 46.0 Å². The monoisotopic (exact) mass is 200 g/mol. The van der Waals surface area contributed by atoms with Crippen molar-refractivity contribution in [1.29, 1.82) is 0 Å². The quantitative estimate of drug-likeness (QED) is 0.442. The summed E-state index contributed by atoms with van der Waals surface area (Å²) < 4.78 is 4.78. The molecule has 0 saturated carbocycles. The van der Waals surface area contributed by atoms with Crippen LogP contribution in [0.25, 0.3) is 0 Å². The highest BCUT2D eigenvalue weighted by Gasteiger charge is 2.16. The number of carbonyl (C=O) groups is 1. The highest BCUT2D eigenvalue weighted by molar-refractivity contribution is 5.72. The average Bonchev–Trinajstić information content (AvgIpc) is 2.21. The maximum Gasteiger partial charge on any atom is 0.308 e. The smallest absolute Gasteiger partial charge is 0.308 e. The molecule has 0 unspecified atom stereocenters. The van der Waals surface area contributed by atoms with Crippen LogP contribution < -0.4 is 0 Å². The molecule has 0 bridgehead atoms. The van der Waals surface area contributed by atoms with Crippen LogP contribution in [0.2, 0.25) is 0 Å². The largest absolute Gasteiger partial charge is 0.469 e. The Bertz CT molecular complexity index is 143. The van der Waals surface area contributed by atoms with E-state index in [4.69, 9.17) is 4.74 Å². The van der Waals surface area contributed by atoms with Crippen molar-refractivity contribution in [3.05, 3.63) is 0 Å². The van der Waals surface area contributed by atoms with Gasteiger partial charge in [-0.25, -0.2) is 0 Å². The minimum atomic E-state index is -0.0247. The zero-order chi connectivity index (χ0) is 10.8. The van der Waals surface area contributed by atoms with Crippen LogP contribution in [0.5, 0.6) is 0 Å². The molecule has 0 N–H and O–H groups in total. The predicted octanol–water partition coefficient (Wildman–Crippen LogP) is 3.55. The average molecular weight is 200 g/mol. The number of hydrogen-bond donors (Lipinski definition) is 0. The molecule has 0 aromatic carbocycles. The second-order valence-corrected chi connectivity index (χ2v) is 3.86. The van der Waals surface area contributed by atoms with Crippen LogP contribution in [-0.4, -0.2) is 13.1 Å². The Morgan fingerprint density at radius 1 is 1.07 bits per heavy atom. The van der Waals surface area contributed by atoms with Gasteiger partial charge in [0, 0.05) is 0 Å².